The fraction of sp³-hybridized carbons (Fsp3) is 0.750. The van der Waals surface area contributed by atoms with E-state index in [9.17, 15) is 0 Å². The van der Waals surface area contributed by atoms with Crippen LogP contribution in [0.2, 0.25) is 0 Å². The SMILES string of the molecule is CCN(CC)C(CNC(=NC)N1CCC(COCCOC)C1)c1ccsc1.I. The summed E-state index contributed by atoms with van der Waals surface area (Å²) in [5.41, 5.74) is 1.39. The lowest BCUT2D eigenvalue weighted by molar-refractivity contribution is 0.0536. The van der Waals surface area contributed by atoms with Crippen molar-refractivity contribution in [2.45, 2.75) is 26.3 Å². The van der Waals surface area contributed by atoms with Crippen molar-refractivity contribution in [1.82, 2.24) is 15.1 Å². The Morgan fingerprint density at radius 1 is 1.39 bits per heavy atom. The van der Waals surface area contributed by atoms with Crippen LogP contribution in [0.5, 0.6) is 0 Å². The molecule has 28 heavy (non-hydrogen) atoms. The molecule has 0 aliphatic carbocycles. The van der Waals surface area contributed by atoms with E-state index in [0.717, 1.165) is 51.7 Å². The zero-order chi connectivity index (χ0) is 19.5. The third-order valence-corrected chi connectivity index (χ3v) is 5.92. The van der Waals surface area contributed by atoms with Gasteiger partial charge in [-0.3, -0.25) is 9.89 Å². The fourth-order valence-electron chi connectivity index (χ4n) is 3.66. The smallest absolute Gasteiger partial charge is 0.193 e. The maximum absolute atomic E-state index is 5.71. The summed E-state index contributed by atoms with van der Waals surface area (Å²) in [6, 6.07) is 2.61. The molecule has 1 aliphatic rings. The number of methoxy groups -OCH3 is 1. The second-order valence-electron chi connectivity index (χ2n) is 6.89. The van der Waals surface area contributed by atoms with Gasteiger partial charge in [-0.15, -0.1) is 24.0 Å². The van der Waals surface area contributed by atoms with Gasteiger partial charge in [0.1, 0.15) is 0 Å². The highest BCUT2D eigenvalue weighted by molar-refractivity contribution is 14.0. The maximum Gasteiger partial charge on any atom is 0.193 e. The standard InChI is InChI=1S/C20H36N4O2S.HI/c1-5-23(6-2)19(18-8-12-27-16-18)13-22-20(21-3)24-9-7-17(14-24)15-26-11-10-25-4;/h8,12,16-17,19H,5-7,9-11,13-15H2,1-4H3,(H,21,22);1H. The van der Waals surface area contributed by atoms with Crippen molar-refractivity contribution in [3.8, 4) is 0 Å². The molecule has 0 radical (unpaired) electrons. The molecule has 2 unspecified atom stereocenters. The van der Waals surface area contributed by atoms with Crippen molar-refractivity contribution in [2.75, 3.05) is 66.7 Å². The van der Waals surface area contributed by atoms with Gasteiger partial charge < -0.3 is 19.7 Å². The van der Waals surface area contributed by atoms with Crippen LogP contribution in [0.1, 0.15) is 31.9 Å². The minimum absolute atomic E-state index is 0. The first-order chi connectivity index (χ1) is 13.2. The van der Waals surface area contributed by atoms with Crippen molar-refractivity contribution >= 4 is 41.3 Å². The Hall–Kier alpha value is -0.420. The number of halogens is 1. The average Bonchev–Trinajstić information content (AvgIpc) is 3.37. The van der Waals surface area contributed by atoms with E-state index in [4.69, 9.17) is 9.47 Å². The number of thiophene rings is 1. The quantitative estimate of drug-likeness (QED) is 0.208. The van der Waals surface area contributed by atoms with Crippen LogP contribution in [0.4, 0.5) is 0 Å². The monoisotopic (exact) mass is 524 g/mol. The second-order valence-corrected chi connectivity index (χ2v) is 7.67. The normalized spacial score (nSPS) is 18.4. The van der Waals surface area contributed by atoms with Gasteiger partial charge in [-0.2, -0.15) is 11.3 Å². The van der Waals surface area contributed by atoms with E-state index in [1.54, 1.807) is 18.4 Å². The third-order valence-electron chi connectivity index (χ3n) is 5.22. The van der Waals surface area contributed by atoms with Crippen LogP contribution >= 0.6 is 35.3 Å². The number of hydrogen-bond acceptors (Lipinski definition) is 5. The highest BCUT2D eigenvalue weighted by Crippen LogP contribution is 2.23. The Morgan fingerprint density at radius 2 is 2.18 bits per heavy atom. The van der Waals surface area contributed by atoms with E-state index in [2.05, 4.69) is 50.8 Å². The molecule has 1 aromatic heterocycles. The molecular formula is C20H37IN4O2S. The van der Waals surface area contributed by atoms with Gasteiger partial charge in [0, 0.05) is 39.7 Å². The van der Waals surface area contributed by atoms with Gasteiger partial charge >= 0.3 is 0 Å². The molecule has 1 aromatic rings. The number of likely N-dealkylation sites (N-methyl/N-ethyl adjacent to an activating group) is 1. The third kappa shape index (κ3) is 7.78. The van der Waals surface area contributed by atoms with Crippen LogP contribution in [0.25, 0.3) is 0 Å². The van der Waals surface area contributed by atoms with Crippen LogP contribution in [0.15, 0.2) is 21.8 Å². The van der Waals surface area contributed by atoms with Crippen molar-refractivity contribution in [1.29, 1.82) is 0 Å². The van der Waals surface area contributed by atoms with E-state index in [1.165, 1.54) is 5.56 Å². The van der Waals surface area contributed by atoms with Crippen LogP contribution in [-0.4, -0.2) is 82.5 Å². The molecule has 6 nitrogen and oxygen atoms in total. The number of likely N-dealkylation sites (tertiary alicyclic amines) is 1. The van der Waals surface area contributed by atoms with Crippen LogP contribution in [0.3, 0.4) is 0 Å². The summed E-state index contributed by atoms with van der Waals surface area (Å²) in [4.78, 5) is 9.39. The summed E-state index contributed by atoms with van der Waals surface area (Å²) >= 11 is 1.76. The zero-order valence-electron chi connectivity index (χ0n) is 17.7. The lowest BCUT2D eigenvalue weighted by atomic mass is 10.1. The molecule has 1 aliphatic heterocycles. The molecule has 2 rings (SSSR count). The highest BCUT2D eigenvalue weighted by Gasteiger charge is 2.26. The summed E-state index contributed by atoms with van der Waals surface area (Å²) < 4.78 is 10.7. The largest absolute Gasteiger partial charge is 0.382 e. The summed E-state index contributed by atoms with van der Waals surface area (Å²) in [5.74, 6) is 1.57. The molecule has 8 heteroatoms. The van der Waals surface area contributed by atoms with E-state index in [1.807, 2.05) is 7.05 Å². The minimum atomic E-state index is 0. The topological polar surface area (TPSA) is 49.3 Å². The van der Waals surface area contributed by atoms with Gasteiger partial charge in [-0.25, -0.2) is 0 Å². The summed E-state index contributed by atoms with van der Waals surface area (Å²) in [6.07, 6.45) is 1.15. The predicted molar refractivity (Wildman–Crippen MR) is 129 cm³/mol. The van der Waals surface area contributed by atoms with Gasteiger partial charge in [0.05, 0.1) is 25.9 Å². The molecule has 0 bridgehead atoms. The molecular weight excluding hydrogens is 487 g/mol. The lowest BCUT2D eigenvalue weighted by Crippen LogP contribution is -2.44. The summed E-state index contributed by atoms with van der Waals surface area (Å²) in [6.45, 7) is 11.6. The molecule has 0 aromatic carbocycles. The Kier molecular flexibility index (Phi) is 13.3. The Bertz CT molecular complexity index is 540. The van der Waals surface area contributed by atoms with Gasteiger partial charge in [0.2, 0.25) is 0 Å². The zero-order valence-corrected chi connectivity index (χ0v) is 20.9. The molecule has 2 heterocycles. The fourth-order valence-corrected chi connectivity index (χ4v) is 4.37. The minimum Gasteiger partial charge on any atom is -0.382 e. The Balaban J connectivity index is 0.00000392. The van der Waals surface area contributed by atoms with Gasteiger partial charge in [-0.05, 0) is 41.9 Å². The lowest BCUT2D eigenvalue weighted by Gasteiger charge is -2.31. The molecule has 0 saturated carbocycles. The van der Waals surface area contributed by atoms with Crippen LogP contribution in [0, 0.1) is 5.92 Å². The van der Waals surface area contributed by atoms with E-state index >= 15 is 0 Å². The second kappa shape index (κ2) is 14.5. The number of nitrogens with one attached hydrogen (secondary N) is 1. The predicted octanol–water partition coefficient (Wildman–Crippen LogP) is 3.31. The average molecular weight is 525 g/mol. The van der Waals surface area contributed by atoms with Gasteiger partial charge in [0.15, 0.2) is 5.96 Å². The van der Waals surface area contributed by atoms with Crippen LogP contribution < -0.4 is 5.32 Å². The number of guanidine groups is 1. The highest BCUT2D eigenvalue weighted by atomic mass is 127. The molecule has 0 amide bonds. The Morgan fingerprint density at radius 3 is 2.79 bits per heavy atom. The maximum atomic E-state index is 5.71. The number of ether oxygens (including phenoxy) is 2. The first-order valence-corrected chi connectivity index (χ1v) is 11.0. The van der Waals surface area contributed by atoms with Crippen molar-refractivity contribution < 1.29 is 9.47 Å². The molecule has 1 saturated heterocycles. The summed E-state index contributed by atoms with van der Waals surface area (Å²) in [7, 11) is 3.58. The van der Waals surface area contributed by atoms with Gasteiger partial charge in [-0.1, -0.05) is 13.8 Å². The molecule has 1 fully saturated rings. The first kappa shape index (κ1) is 25.6. The van der Waals surface area contributed by atoms with Crippen LogP contribution in [-0.2, 0) is 9.47 Å². The first-order valence-electron chi connectivity index (χ1n) is 10.0. The number of aliphatic imine (C=N–C) groups is 1. The number of nitrogens with zero attached hydrogens (tertiary/aromatic N) is 3. The van der Waals surface area contributed by atoms with E-state index < -0.39 is 0 Å². The molecule has 0 spiro atoms. The van der Waals surface area contributed by atoms with Gasteiger partial charge in [0.25, 0.3) is 0 Å². The Labute approximate surface area is 191 Å². The summed E-state index contributed by atoms with van der Waals surface area (Å²) in [5, 5.41) is 8.05. The molecule has 1 N–H and O–H groups in total. The molecule has 2 atom stereocenters. The molecule has 162 valence electrons. The van der Waals surface area contributed by atoms with E-state index in [0.29, 0.717) is 25.2 Å². The number of hydrogen-bond donors (Lipinski definition) is 1. The van der Waals surface area contributed by atoms with E-state index in [-0.39, 0.29) is 24.0 Å². The van der Waals surface area contributed by atoms with Crippen molar-refractivity contribution in [3.05, 3.63) is 22.4 Å². The van der Waals surface area contributed by atoms with Crippen molar-refractivity contribution in [3.63, 3.8) is 0 Å². The number of rotatable bonds is 11. The van der Waals surface area contributed by atoms with Crippen molar-refractivity contribution in [2.24, 2.45) is 10.9 Å².